The molecule has 7 nitrogen and oxygen atoms in total. The number of amides is 2. The average Bonchev–Trinajstić information content (AvgIpc) is 2.55. The minimum Gasteiger partial charge on any atom is -0.507 e. The SMILES string of the molecule is NC(=O)c1ccccc1OCC(=O)N/N=C/c1ccccc1O. The number of nitrogens with zero attached hydrogens (tertiary/aromatic N) is 1. The Labute approximate surface area is 132 Å². The van der Waals surface area contributed by atoms with E-state index in [1.165, 1.54) is 18.3 Å². The quantitative estimate of drug-likeness (QED) is 0.545. The summed E-state index contributed by atoms with van der Waals surface area (Å²) in [4.78, 5) is 22.9. The monoisotopic (exact) mass is 313 g/mol. The lowest BCUT2D eigenvalue weighted by atomic mass is 10.2. The van der Waals surface area contributed by atoms with Crippen molar-refractivity contribution in [2.24, 2.45) is 10.8 Å². The highest BCUT2D eigenvalue weighted by Crippen LogP contribution is 2.16. The average molecular weight is 313 g/mol. The van der Waals surface area contributed by atoms with Crippen LogP contribution in [0.4, 0.5) is 0 Å². The standard InChI is InChI=1S/C16H15N3O4/c17-16(22)12-6-2-4-8-14(12)23-10-15(21)19-18-9-11-5-1-3-7-13(11)20/h1-9,20H,10H2,(H2,17,22)(H,19,21)/b18-9+. The van der Waals surface area contributed by atoms with Crippen molar-refractivity contribution in [3.8, 4) is 11.5 Å². The Kier molecular flexibility index (Phi) is 5.30. The summed E-state index contributed by atoms with van der Waals surface area (Å²) in [5.74, 6) is -0.883. The minimum atomic E-state index is -0.640. The van der Waals surface area contributed by atoms with Crippen LogP contribution in [-0.4, -0.2) is 29.7 Å². The van der Waals surface area contributed by atoms with Gasteiger partial charge >= 0.3 is 0 Å². The van der Waals surface area contributed by atoms with E-state index in [0.717, 1.165) is 0 Å². The molecule has 2 rings (SSSR count). The number of hydrogen-bond acceptors (Lipinski definition) is 5. The number of hydrazone groups is 1. The van der Waals surface area contributed by atoms with Gasteiger partial charge in [-0.3, -0.25) is 9.59 Å². The molecular weight excluding hydrogens is 298 g/mol. The lowest BCUT2D eigenvalue weighted by Gasteiger charge is -2.08. The van der Waals surface area contributed by atoms with E-state index in [9.17, 15) is 14.7 Å². The molecule has 0 bridgehead atoms. The largest absolute Gasteiger partial charge is 0.507 e. The maximum Gasteiger partial charge on any atom is 0.277 e. The summed E-state index contributed by atoms with van der Waals surface area (Å²) in [6.07, 6.45) is 1.31. The molecule has 0 fully saturated rings. The minimum absolute atomic E-state index is 0.0529. The summed E-state index contributed by atoms with van der Waals surface area (Å²) in [7, 11) is 0. The molecule has 2 aromatic rings. The van der Waals surface area contributed by atoms with Crippen LogP contribution in [0.25, 0.3) is 0 Å². The fourth-order valence-corrected chi connectivity index (χ4v) is 1.74. The third-order valence-electron chi connectivity index (χ3n) is 2.84. The van der Waals surface area contributed by atoms with Crippen molar-refractivity contribution in [3.63, 3.8) is 0 Å². The zero-order valence-electron chi connectivity index (χ0n) is 12.1. The van der Waals surface area contributed by atoms with E-state index in [1.807, 2.05) is 0 Å². The predicted octanol–water partition coefficient (Wildman–Crippen LogP) is 1.02. The molecule has 0 radical (unpaired) electrons. The van der Waals surface area contributed by atoms with Crippen molar-refractivity contribution in [2.75, 3.05) is 6.61 Å². The van der Waals surface area contributed by atoms with Gasteiger partial charge in [-0.1, -0.05) is 24.3 Å². The van der Waals surface area contributed by atoms with Crippen LogP contribution in [0.1, 0.15) is 15.9 Å². The Hall–Kier alpha value is -3.35. The first-order valence-corrected chi connectivity index (χ1v) is 6.69. The molecule has 118 valence electrons. The highest BCUT2D eigenvalue weighted by Gasteiger charge is 2.09. The zero-order chi connectivity index (χ0) is 16.7. The van der Waals surface area contributed by atoms with Crippen LogP contribution in [0, 0.1) is 0 Å². The Balaban J connectivity index is 1.89. The predicted molar refractivity (Wildman–Crippen MR) is 84.3 cm³/mol. The number of nitrogens with one attached hydrogen (secondary N) is 1. The normalized spacial score (nSPS) is 10.4. The van der Waals surface area contributed by atoms with Gasteiger partial charge in [0.2, 0.25) is 0 Å². The van der Waals surface area contributed by atoms with Gasteiger partial charge in [0.1, 0.15) is 11.5 Å². The maximum absolute atomic E-state index is 11.6. The molecule has 0 aromatic heterocycles. The topological polar surface area (TPSA) is 114 Å². The van der Waals surface area contributed by atoms with E-state index < -0.39 is 11.8 Å². The second-order valence-corrected chi connectivity index (χ2v) is 4.50. The summed E-state index contributed by atoms with van der Waals surface area (Å²) < 4.78 is 5.25. The molecule has 0 saturated carbocycles. The molecule has 0 spiro atoms. The third kappa shape index (κ3) is 4.57. The van der Waals surface area contributed by atoms with Crippen LogP contribution in [0.3, 0.4) is 0 Å². The summed E-state index contributed by atoms with van der Waals surface area (Å²) in [6, 6.07) is 12.9. The molecule has 0 heterocycles. The van der Waals surface area contributed by atoms with Gasteiger partial charge in [0.05, 0.1) is 11.8 Å². The molecular formula is C16H15N3O4. The number of para-hydroxylation sites is 2. The van der Waals surface area contributed by atoms with Gasteiger partial charge in [-0.2, -0.15) is 5.10 Å². The molecule has 0 aliphatic heterocycles. The molecule has 0 saturated heterocycles. The molecule has 0 atom stereocenters. The molecule has 0 unspecified atom stereocenters. The van der Waals surface area contributed by atoms with E-state index in [2.05, 4.69) is 10.5 Å². The van der Waals surface area contributed by atoms with Crippen molar-refractivity contribution >= 4 is 18.0 Å². The number of rotatable bonds is 6. The van der Waals surface area contributed by atoms with Gasteiger partial charge < -0.3 is 15.6 Å². The number of primary amides is 1. The Morgan fingerprint density at radius 1 is 1.17 bits per heavy atom. The van der Waals surface area contributed by atoms with Crippen LogP contribution in [0.2, 0.25) is 0 Å². The fraction of sp³-hybridized carbons (Fsp3) is 0.0625. The molecule has 23 heavy (non-hydrogen) atoms. The molecule has 0 aliphatic carbocycles. The second-order valence-electron chi connectivity index (χ2n) is 4.50. The van der Waals surface area contributed by atoms with Gasteiger partial charge in [0.25, 0.3) is 11.8 Å². The van der Waals surface area contributed by atoms with E-state index >= 15 is 0 Å². The summed E-state index contributed by atoms with van der Waals surface area (Å²) in [6.45, 7) is -0.331. The number of benzene rings is 2. The Morgan fingerprint density at radius 2 is 1.87 bits per heavy atom. The van der Waals surface area contributed by atoms with Gasteiger partial charge in [0, 0.05) is 5.56 Å². The van der Waals surface area contributed by atoms with Gasteiger partial charge in [0.15, 0.2) is 6.61 Å². The number of nitrogens with two attached hydrogens (primary N) is 1. The van der Waals surface area contributed by atoms with Crippen molar-refractivity contribution < 1.29 is 19.4 Å². The van der Waals surface area contributed by atoms with E-state index in [-0.39, 0.29) is 23.7 Å². The molecule has 0 aliphatic rings. The maximum atomic E-state index is 11.6. The summed E-state index contributed by atoms with van der Waals surface area (Å²) in [5, 5.41) is 13.3. The lowest BCUT2D eigenvalue weighted by molar-refractivity contribution is -0.123. The first kappa shape index (κ1) is 16.0. The van der Waals surface area contributed by atoms with Gasteiger partial charge in [-0.05, 0) is 24.3 Å². The Morgan fingerprint density at radius 3 is 2.61 bits per heavy atom. The van der Waals surface area contributed by atoms with Crippen LogP contribution in [0.15, 0.2) is 53.6 Å². The van der Waals surface area contributed by atoms with Crippen molar-refractivity contribution in [1.82, 2.24) is 5.43 Å². The van der Waals surface area contributed by atoms with Crippen molar-refractivity contribution in [2.45, 2.75) is 0 Å². The summed E-state index contributed by atoms with van der Waals surface area (Å²) in [5.41, 5.74) is 8.13. The smallest absolute Gasteiger partial charge is 0.277 e. The highest BCUT2D eigenvalue weighted by molar-refractivity contribution is 5.95. The first-order chi connectivity index (χ1) is 11.1. The summed E-state index contributed by atoms with van der Waals surface area (Å²) >= 11 is 0. The van der Waals surface area contributed by atoms with Crippen LogP contribution in [0.5, 0.6) is 11.5 Å². The molecule has 2 amide bonds. The number of hydrogen-bond donors (Lipinski definition) is 3. The number of ether oxygens (including phenoxy) is 1. The fourth-order valence-electron chi connectivity index (χ4n) is 1.74. The molecule has 2 aromatic carbocycles. The van der Waals surface area contributed by atoms with Crippen molar-refractivity contribution in [1.29, 1.82) is 0 Å². The van der Waals surface area contributed by atoms with Gasteiger partial charge in [-0.15, -0.1) is 0 Å². The first-order valence-electron chi connectivity index (χ1n) is 6.69. The second kappa shape index (κ2) is 7.60. The van der Waals surface area contributed by atoms with Gasteiger partial charge in [-0.25, -0.2) is 5.43 Å². The van der Waals surface area contributed by atoms with Crippen LogP contribution >= 0.6 is 0 Å². The molecule has 4 N–H and O–H groups in total. The zero-order valence-corrected chi connectivity index (χ0v) is 12.1. The highest BCUT2D eigenvalue weighted by atomic mass is 16.5. The number of phenols is 1. The van der Waals surface area contributed by atoms with E-state index in [0.29, 0.717) is 5.56 Å². The number of carbonyl (C=O) groups excluding carboxylic acids is 2. The van der Waals surface area contributed by atoms with Crippen LogP contribution < -0.4 is 15.9 Å². The molecule has 7 heteroatoms. The number of phenolic OH excluding ortho intramolecular Hbond substituents is 1. The lowest BCUT2D eigenvalue weighted by Crippen LogP contribution is -2.25. The number of carbonyl (C=O) groups is 2. The number of aromatic hydroxyl groups is 1. The van der Waals surface area contributed by atoms with E-state index in [4.69, 9.17) is 10.5 Å². The van der Waals surface area contributed by atoms with Crippen LogP contribution in [-0.2, 0) is 4.79 Å². The third-order valence-corrected chi connectivity index (χ3v) is 2.84. The van der Waals surface area contributed by atoms with E-state index in [1.54, 1.807) is 36.4 Å². The van der Waals surface area contributed by atoms with Crippen molar-refractivity contribution in [3.05, 3.63) is 59.7 Å². The Bertz CT molecular complexity index is 744.